The van der Waals surface area contributed by atoms with Crippen LogP contribution in [-0.4, -0.2) is 30.5 Å². The Bertz CT molecular complexity index is 678. The number of hydrogen-bond donors (Lipinski definition) is 0. The largest absolute Gasteiger partial charge is 0.469 e. The van der Waals surface area contributed by atoms with Gasteiger partial charge >= 0.3 is 5.97 Å². The van der Waals surface area contributed by atoms with E-state index >= 15 is 0 Å². The van der Waals surface area contributed by atoms with E-state index in [1.165, 1.54) is 7.11 Å². The zero-order chi connectivity index (χ0) is 14.1. The predicted octanol–water partition coefficient (Wildman–Crippen LogP) is 1.76. The number of nitrogens with zero attached hydrogens (tertiary/aromatic N) is 2. The first kappa shape index (κ1) is 12.6. The third-order valence-electron chi connectivity index (χ3n) is 3.61. The predicted molar refractivity (Wildman–Crippen MR) is 74.2 cm³/mol. The van der Waals surface area contributed by atoms with E-state index in [0.29, 0.717) is 6.54 Å². The van der Waals surface area contributed by atoms with Crippen LogP contribution in [0.25, 0.3) is 10.8 Å². The van der Waals surface area contributed by atoms with Gasteiger partial charge in [-0.25, -0.2) is 0 Å². The Labute approximate surface area is 116 Å². The molecule has 1 aliphatic rings. The summed E-state index contributed by atoms with van der Waals surface area (Å²) in [7, 11) is 1.34. The number of pyridine rings is 1. The van der Waals surface area contributed by atoms with Crippen LogP contribution in [0.4, 0.5) is 5.69 Å². The Morgan fingerprint density at radius 3 is 3.05 bits per heavy atom. The molecule has 1 aromatic carbocycles. The minimum absolute atomic E-state index is 0.0586. The summed E-state index contributed by atoms with van der Waals surface area (Å²) in [6, 6.07) is 7.65. The summed E-state index contributed by atoms with van der Waals surface area (Å²) in [4.78, 5) is 29.5. The molecule has 102 valence electrons. The maximum absolute atomic E-state index is 12.1. The molecule has 0 spiro atoms. The quantitative estimate of drug-likeness (QED) is 0.780. The maximum Gasteiger partial charge on any atom is 0.311 e. The van der Waals surface area contributed by atoms with Crippen molar-refractivity contribution in [2.75, 3.05) is 18.6 Å². The lowest BCUT2D eigenvalue weighted by Crippen LogP contribution is -2.26. The van der Waals surface area contributed by atoms with Gasteiger partial charge in [-0.3, -0.25) is 14.6 Å². The highest BCUT2D eigenvalue weighted by molar-refractivity contribution is 6.06. The number of methoxy groups -OCH3 is 1. The molecule has 1 fully saturated rings. The molecule has 1 unspecified atom stereocenters. The highest BCUT2D eigenvalue weighted by Crippen LogP contribution is 2.31. The highest BCUT2D eigenvalue weighted by atomic mass is 16.5. The Hall–Kier alpha value is -2.43. The van der Waals surface area contributed by atoms with Gasteiger partial charge < -0.3 is 9.64 Å². The second-order valence-corrected chi connectivity index (χ2v) is 4.80. The first-order chi connectivity index (χ1) is 9.70. The number of esters is 1. The van der Waals surface area contributed by atoms with E-state index in [1.54, 1.807) is 17.3 Å². The molecule has 0 radical (unpaired) electrons. The third kappa shape index (κ3) is 2.01. The molecule has 0 N–H and O–H groups in total. The van der Waals surface area contributed by atoms with Gasteiger partial charge in [0.1, 0.15) is 0 Å². The average molecular weight is 270 g/mol. The smallest absolute Gasteiger partial charge is 0.311 e. The Kier molecular flexibility index (Phi) is 3.10. The fraction of sp³-hybridized carbons (Fsp3) is 0.267. The van der Waals surface area contributed by atoms with Gasteiger partial charge in [0, 0.05) is 30.7 Å². The van der Waals surface area contributed by atoms with Gasteiger partial charge in [-0.1, -0.05) is 12.1 Å². The molecular weight excluding hydrogens is 256 g/mol. The van der Waals surface area contributed by atoms with Crippen LogP contribution >= 0.6 is 0 Å². The summed E-state index contributed by atoms with van der Waals surface area (Å²) in [6.07, 6.45) is 3.65. The lowest BCUT2D eigenvalue weighted by atomic mass is 10.1. The van der Waals surface area contributed by atoms with Crippen molar-refractivity contribution in [1.29, 1.82) is 0 Å². The number of benzene rings is 1. The topological polar surface area (TPSA) is 59.5 Å². The van der Waals surface area contributed by atoms with Crippen molar-refractivity contribution in [1.82, 2.24) is 4.98 Å². The monoisotopic (exact) mass is 270 g/mol. The van der Waals surface area contributed by atoms with Crippen molar-refractivity contribution in [3.05, 3.63) is 36.7 Å². The molecular formula is C15H14N2O3. The number of ether oxygens (including phenoxy) is 1. The molecule has 1 atom stereocenters. The van der Waals surface area contributed by atoms with Gasteiger partial charge in [0.15, 0.2) is 0 Å². The normalized spacial score (nSPS) is 18.6. The van der Waals surface area contributed by atoms with Crippen LogP contribution in [0.2, 0.25) is 0 Å². The number of carbonyl (C=O) groups is 2. The number of hydrogen-bond acceptors (Lipinski definition) is 4. The number of aromatic nitrogens is 1. The van der Waals surface area contributed by atoms with Crippen LogP contribution < -0.4 is 4.90 Å². The van der Waals surface area contributed by atoms with E-state index in [0.717, 1.165) is 16.5 Å². The van der Waals surface area contributed by atoms with Gasteiger partial charge in [0.05, 0.1) is 18.7 Å². The van der Waals surface area contributed by atoms with Crippen LogP contribution in [0.3, 0.4) is 0 Å². The zero-order valence-electron chi connectivity index (χ0n) is 11.1. The summed E-state index contributed by atoms with van der Waals surface area (Å²) in [5.74, 6) is -0.782. The molecule has 20 heavy (non-hydrogen) atoms. The van der Waals surface area contributed by atoms with Crippen molar-refractivity contribution in [2.24, 2.45) is 5.92 Å². The molecule has 0 saturated carbocycles. The van der Waals surface area contributed by atoms with Gasteiger partial charge in [-0.15, -0.1) is 0 Å². The van der Waals surface area contributed by atoms with Crippen molar-refractivity contribution in [2.45, 2.75) is 6.42 Å². The summed E-state index contributed by atoms with van der Waals surface area (Å²) >= 11 is 0. The van der Waals surface area contributed by atoms with Crippen molar-refractivity contribution in [3.8, 4) is 0 Å². The fourth-order valence-corrected chi connectivity index (χ4v) is 2.60. The maximum atomic E-state index is 12.1. The van der Waals surface area contributed by atoms with Crippen molar-refractivity contribution >= 4 is 28.3 Å². The number of amides is 1. The van der Waals surface area contributed by atoms with Crippen LogP contribution in [0, 0.1) is 5.92 Å². The minimum Gasteiger partial charge on any atom is -0.469 e. The van der Waals surface area contributed by atoms with E-state index in [2.05, 4.69) is 4.98 Å². The third-order valence-corrected chi connectivity index (χ3v) is 3.61. The molecule has 1 saturated heterocycles. The lowest BCUT2D eigenvalue weighted by Gasteiger charge is -2.18. The van der Waals surface area contributed by atoms with E-state index in [1.807, 2.05) is 24.3 Å². The SMILES string of the molecule is COC(=O)C1CC(=O)N(c2cccc3ccncc23)C1. The Morgan fingerprint density at radius 1 is 1.40 bits per heavy atom. The summed E-state index contributed by atoms with van der Waals surface area (Å²) in [5.41, 5.74) is 0.798. The molecule has 1 aliphatic heterocycles. The van der Waals surface area contributed by atoms with E-state index in [9.17, 15) is 9.59 Å². The van der Waals surface area contributed by atoms with Gasteiger partial charge in [0.2, 0.25) is 5.91 Å². The molecule has 3 rings (SSSR count). The minimum atomic E-state index is -0.389. The van der Waals surface area contributed by atoms with Gasteiger partial charge in [0.25, 0.3) is 0 Å². The molecule has 0 bridgehead atoms. The van der Waals surface area contributed by atoms with E-state index in [-0.39, 0.29) is 24.2 Å². The number of fused-ring (bicyclic) bond motifs is 1. The van der Waals surface area contributed by atoms with E-state index in [4.69, 9.17) is 4.74 Å². The van der Waals surface area contributed by atoms with Crippen LogP contribution in [0.1, 0.15) is 6.42 Å². The fourth-order valence-electron chi connectivity index (χ4n) is 2.60. The second-order valence-electron chi connectivity index (χ2n) is 4.80. The van der Waals surface area contributed by atoms with Gasteiger partial charge in [-0.2, -0.15) is 0 Å². The van der Waals surface area contributed by atoms with Crippen LogP contribution in [0.5, 0.6) is 0 Å². The molecule has 2 heterocycles. The number of carbonyl (C=O) groups excluding carboxylic acids is 2. The second kappa shape index (κ2) is 4.92. The van der Waals surface area contributed by atoms with Crippen LogP contribution in [-0.2, 0) is 14.3 Å². The number of rotatable bonds is 2. The van der Waals surface area contributed by atoms with Crippen molar-refractivity contribution < 1.29 is 14.3 Å². The summed E-state index contributed by atoms with van der Waals surface area (Å²) in [5, 5.41) is 1.93. The average Bonchev–Trinajstić information content (AvgIpc) is 2.87. The first-order valence-corrected chi connectivity index (χ1v) is 6.41. The van der Waals surface area contributed by atoms with Crippen molar-refractivity contribution in [3.63, 3.8) is 0 Å². The molecule has 2 aromatic rings. The van der Waals surface area contributed by atoms with Gasteiger partial charge in [-0.05, 0) is 17.5 Å². The standard InChI is InChI=1S/C15H14N2O3/c1-20-15(19)11-7-14(18)17(9-11)13-4-2-3-10-5-6-16-8-12(10)13/h2-6,8,11H,7,9H2,1H3. The summed E-state index contributed by atoms with van der Waals surface area (Å²) < 4.78 is 4.72. The molecule has 1 amide bonds. The molecule has 5 heteroatoms. The van der Waals surface area contributed by atoms with Crippen LogP contribution in [0.15, 0.2) is 36.7 Å². The summed E-state index contributed by atoms with van der Waals surface area (Å²) in [6.45, 7) is 0.361. The zero-order valence-corrected chi connectivity index (χ0v) is 11.1. The Balaban J connectivity index is 2.00. The molecule has 5 nitrogen and oxygen atoms in total. The number of anilines is 1. The Morgan fingerprint density at radius 2 is 2.25 bits per heavy atom. The lowest BCUT2D eigenvalue weighted by molar-refractivity contribution is -0.145. The van der Waals surface area contributed by atoms with E-state index < -0.39 is 0 Å². The highest BCUT2D eigenvalue weighted by Gasteiger charge is 2.36. The first-order valence-electron chi connectivity index (χ1n) is 6.41. The molecule has 0 aliphatic carbocycles. The molecule has 1 aromatic heterocycles.